The van der Waals surface area contributed by atoms with Crippen LogP contribution in [0.15, 0.2) is 53.4 Å². The quantitative estimate of drug-likeness (QED) is 0.0875. The number of nitrogen functional groups attached to an aromatic ring is 1. The third-order valence-electron chi connectivity index (χ3n) is 8.31. The Balaban J connectivity index is 1.63. The highest BCUT2D eigenvalue weighted by atomic mass is 32.2. The normalized spacial score (nSPS) is 15.7. The lowest BCUT2D eigenvalue weighted by Gasteiger charge is -2.28. The molecule has 0 aliphatic carbocycles. The molecule has 3 atom stereocenters. The van der Waals surface area contributed by atoms with Crippen LogP contribution in [-0.2, 0) is 45.0 Å². The van der Waals surface area contributed by atoms with Gasteiger partial charge >= 0.3 is 0 Å². The summed E-state index contributed by atoms with van der Waals surface area (Å²) in [4.78, 5) is 41.9. The SMILES string of the molecule is CCCOCCOCC(C)OCCCC(=O)C[C@@H](CS(=O)(=O)c1ccc(OC)cc1)C(=O)N1CCC[C@H]1C(=O)NCc1ccc(C(=N)N)cc1. The maximum atomic E-state index is 14.0. The topological polar surface area (TPSA) is 187 Å². The molecule has 0 saturated carbocycles. The first-order valence-corrected chi connectivity index (χ1v) is 18.8. The lowest BCUT2D eigenvalue weighted by Crippen LogP contribution is -2.49. The molecule has 1 heterocycles. The number of nitrogens with one attached hydrogen (secondary N) is 2. The molecule has 50 heavy (non-hydrogen) atoms. The number of Topliss-reactive ketones (excluding diaryl/α,β-unsaturated/α-hetero) is 1. The fourth-order valence-electron chi connectivity index (χ4n) is 5.60. The van der Waals surface area contributed by atoms with Crippen molar-refractivity contribution in [1.82, 2.24) is 10.2 Å². The molecule has 0 radical (unpaired) electrons. The molecule has 13 nitrogen and oxygen atoms in total. The standard InChI is InChI=1S/C36H52N4O9S/c1-4-18-47-20-21-48-24-26(2)49-19-6-7-30(41)22-29(25-50(44,45)32-15-13-31(46-3)14-16-32)36(43)40-17-5-8-33(40)35(42)39-23-27-9-11-28(12-10-27)34(37)38/h9-16,26,29,33H,4-8,17-25H2,1-3H3,(H3,37,38)(H,39,42)/t26?,29-,33-/m0/s1. The Labute approximate surface area is 295 Å². The summed E-state index contributed by atoms with van der Waals surface area (Å²) < 4.78 is 48.9. The summed E-state index contributed by atoms with van der Waals surface area (Å²) >= 11 is 0. The van der Waals surface area contributed by atoms with E-state index in [1.54, 1.807) is 24.3 Å². The molecule has 0 bridgehead atoms. The average Bonchev–Trinajstić information content (AvgIpc) is 3.60. The number of amides is 2. The monoisotopic (exact) mass is 716 g/mol. The van der Waals surface area contributed by atoms with Gasteiger partial charge in [0.05, 0.1) is 49.6 Å². The first-order valence-electron chi connectivity index (χ1n) is 17.1. The third-order valence-corrected chi connectivity index (χ3v) is 10.1. The predicted molar refractivity (Wildman–Crippen MR) is 189 cm³/mol. The number of methoxy groups -OCH3 is 1. The first-order chi connectivity index (χ1) is 23.9. The van der Waals surface area contributed by atoms with Gasteiger partial charge < -0.3 is 34.9 Å². The zero-order valence-electron chi connectivity index (χ0n) is 29.4. The van der Waals surface area contributed by atoms with Crippen molar-refractivity contribution in [3.8, 4) is 5.75 Å². The van der Waals surface area contributed by atoms with Gasteiger partial charge in [-0.3, -0.25) is 19.8 Å². The molecule has 0 spiro atoms. The second-order valence-corrected chi connectivity index (χ2v) is 14.4. The van der Waals surface area contributed by atoms with Gasteiger partial charge in [-0.05, 0) is 62.4 Å². The molecular weight excluding hydrogens is 664 g/mol. The van der Waals surface area contributed by atoms with E-state index in [0.29, 0.717) is 63.6 Å². The number of carbonyl (C=O) groups is 3. The minimum Gasteiger partial charge on any atom is -0.497 e. The minimum atomic E-state index is -3.98. The van der Waals surface area contributed by atoms with E-state index in [1.165, 1.54) is 36.3 Å². The van der Waals surface area contributed by atoms with Crippen LogP contribution in [0.1, 0.15) is 63.5 Å². The number of nitrogens with two attached hydrogens (primary N) is 1. The van der Waals surface area contributed by atoms with E-state index in [4.69, 9.17) is 30.1 Å². The molecule has 0 aromatic heterocycles. The Kier molecular flexibility index (Phi) is 16.8. The maximum Gasteiger partial charge on any atom is 0.243 e. The average molecular weight is 717 g/mol. The van der Waals surface area contributed by atoms with E-state index in [1.807, 2.05) is 13.8 Å². The highest BCUT2D eigenvalue weighted by molar-refractivity contribution is 7.91. The number of benzene rings is 2. The summed E-state index contributed by atoms with van der Waals surface area (Å²) in [7, 11) is -2.51. The molecule has 1 saturated heterocycles. The van der Waals surface area contributed by atoms with Crippen molar-refractivity contribution in [2.45, 2.75) is 76.0 Å². The van der Waals surface area contributed by atoms with Gasteiger partial charge in [-0.2, -0.15) is 0 Å². The van der Waals surface area contributed by atoms with Gasteiger partial charge in [0.1, 0.15) is 23.4 Å². The molecule has 4 N–H and O–H groups in total. The van der Waals surface area contributed by atoms with Crippen LogP contribution in [0.5, 0.6) is 5.75 Å². The summed E-state index contributed by atoms with van der Waals surface area (Å²) in [6.45, 7) is 6.75. The summed E-state index contributed by atoms with van der Waals surface area (Å²) in [5.41, 5.74) is 6.87. The van der Waals surface area contributed by atoms with Crippen LogP contribution in [0.3, 0.4) is 0 Å². The van der Waals surface area contributed by atoms with E-state index in [0.717, 1.165) is 12.0 Å². The van der Waals surface area contributed by atoms with Gasteiger partial charge in [0.25, 0.3) is 0 Å². The van der Waals surface area contributed by atoms with Crippen LogP contribution in [0, 0.1) is 11.3 Å². The minimum absolute atomic E-state index is 0.0107. The van der Waals surface area contributed by atoms with Crippen molar-refractivity contribution in [3.05, 3.63) is 59.7 Å². The van der Waals surface area contributed by atoms with E-state index in [9.17, 15) is 22.8 Å². The number of hydrogen-bond acceptors (Lipinski definition) is 10. The summed E-state index contributed by atoms with van der Waals surface area (Å²) in [6, 6.07) is 12.0. The van der Waals surface area contributed by atoms with Gasteiger partial charge in [-0.15, -0.1) is 0 Å². The Bertz CT molecular complexity index is 1500. The van der Waals surface area contributed by atoms with Crippen molar-refractivity contribution in [2.75, 3.05) is 52.4 Å². The second-order valence-electron chi connectivity index (χ2n) is 12.4. The molecule has 2 aromatic carbocycles. The molecule has 1 unspecified atom stereocenters. The zero-order chi connectivity index (χ0) is 36.5. The second kappa shape index (κ2) is 20.7. The zero-order valence-corrected chi connectivity index (χ0v) is 30.2. The molecule has 1 aliphatic rings. The van der Waals surface area contributed by atoms with Gasteiger partial charge in [0.2, 0.25) is 11.8 Å². The summed E-state index contributed by atoms with van der Waals surface area (Å²) in [6.07, 6.45) is 1.97. The molecule has 3 rings (SSSR count). The van der Waals surface area contributed by atoms with Crippen LogP contribution in [0.25, 0.3) is 0 Å². The van der Waals surface area contributed by atoms with E-state index >= 15 is 0 Å². The smallest absolute Gasteiger partial charge is 0.243 e. The van der Waals surface area contributed by atoms with Crippen LogP contribution in [0.4, 0.5) is 0 Å². The van der Waals surface area contributed by atoms with Gasteiger partial charge in [0.15, 0.2) is 9.84 Å². The largest absolute Gasteiger partial charge is 0.497 e. The van der Waals surface area contributed by atoms with Crippen LogP contribution < -0.4 is 15.8 Å². The number of nitrogens with zero attached hydrogens (tertiary/aromatic N) is 1. The maximum absolute atomic E-state index is 14.0. The van der Waals surface area contributed by atoms with Crippen molar-refractivity contribution >= 4 is 33.3 Å². The van der Waals surface area contributed by atoms with Crippen molar-refractivity contribution in [2.24, 2.45) is 11.7 Å². The van der Waals surface area contributed by atoms with Gasteiger partial charge in [0, 0.05) is 44.7 Å². The number of hydrogen-bond donors (Lipinski definition) is 3. The molecule has 1 aliphatic heterocycles. The summed E-state index contributed by atoms with van der Waals surface area (Å²) in [5, 5.41) is 10.4. The van der Waals surface area contributed by atoms with E-state index in [2.05, 4.69) is 5.32 Å². The van der Waals surface area contributed by atoms with Crippen LogP contribution >= 0.6 is 0 Å². The molecular formula is C36H52N4O9S. The molecule has 2 amide bonds. The Morgan fingerprint density at radius 3 is 2.38 bits per heavy atom. The summed E-state index contributed by atoms with van der Waals surface area (Å²) in [5.74, 6) is -2.49. The number of likely N-dealkylation sites (tertiary alicyclic amines) is 1. The number of ether oxygens (including phenoxy) is 4. The molecule has 1 fully saturated rings. The molecule has 276 valence electrons. The highest BCUT2D eigenvalue weighted by Crippen LogP contribution is 2.26. The van der Waals surface area contributed by atoms with Crippen molar-refractivity contribution in [3.63, 3.8) is 0 Å². The fourth-order valence-corrected chi connectivity index (χ4v) is 7.13. The number of carbonyl (C=O) groups excluding carboxylic acids is 3. The van der Waals surface area contributed by atoms with E-state index < -0.39 is 33.5 Å². The predicted octanol–water partition coefficient (Wildman–Crippen LogP) is 3.26. The molecule has 2 aromatic rings. The van der Waals surface area contributed by atoms with Crippen molar-refractivity contribution in [1.29, 1.82) is 5.41 Å². The Morgan fingerprint density at radius 1 is 1.02 bits per heavy atom. The third kappa shape index (κ3) is 13.1. The number of rotatable bonds is 23. The van der Waals surface area contributed by atoms with Gasteiger partial charge in [-0.1, -0.05) is 31.2 Å². The lowest BCUT2D eigenvalue weighted by atomic mass is 9.99. The van der Waals surface area contributed by atoms with Crippen LogP contribution in [0.2, 0.25) is 0 Å². The number of amidine groups is 1. The highest BCUT2D eigenvalue weighted by Gasteiger charge is 2.39. The fraction of sp³-hybridized carbons (Fsp3) is 0.556. The number of ketones is 1. The molecule has 14 heteroatoms. The number of sulfone groups is 1. The van der Waals surface area contributed by atoms with Crippen molar-refractivity contribution < 1.29 is 41.7 Å². The first kappa shape index (κ1) is 40.6. The van der Waals surface area contributed by atoms with Gasteiger partial charge in [-0.25, -0.2) is 8.42 Å². The Morgan fingerprint density at radius 2 is 1.72 bits per heavy atom. The lowest BCUT2D eigenvalue weighted by molar-refractivity contribution is -0.142. The van der Waals surface area contributed by atoms with Crippen LogP contribution in [-0.4, -0.2) is 101 Å². The Hall–Kier alpha value is -3.85. The van der Waals surface area contributed by atoms with E-state index in [-0.39, 0.29) is 54.5 Å².